The Hall–Kier alpha value is -1.92. The van der Waals surface area contributed by atoms with Gasteiger partial charge >= 0.3 is 0 Å². The maximum absolute atomic E-state index is 12.6. The molecule has 0 atom stereocenters. The first kappa shape index (κ1) is 20.0. The Morgan fingerprint density at radius 1 is 0.933 bits per heavy atom. The van der Waals surface area contributed by atoms with E-state index in [0.29, 0.717) is 5.41 Å². The van der Waals surface area contributed by atoms with E-state index in [1.165, 1.54) is 38.5 Å². The summed E-state index contributed by atoms with van der Waals surface area (Å²) in [5.41, 5.74) is 0.301. The minimum absolute atomic E-state index is 0.0630. The van der Waals surface area contributed by atoms with Crippen molar-refractivity contribution in [1.29, 1.82) is 0 Å². The second-order valence-corrected chi connectivity index (χ2v) is 11.6. The molecule has 0 saturated heterocycles. The van der Waals surface area contributed by atoms with E-state index in [-0.39, 0.29) is 23.8 Å². The molecular weight excluding hydrogens is 396 g/mol. The van der Waals surface area contributed by atoms with Gasteiger partial charge in [0, 0.05) is 19.5 Å². The lowest BCUT2D eigenvalue weighted by Gasteiger charge is -2.56. The number of nitrogens with one attached hydrogen (secondary N) is 2. The van der Waals surface area contributed by atoms with Crippen molar-refractivity contribution >= 4 is 26.7 Å². The minimum atomic E-state index is -3.63. The number of hydrogen-bond acceptors (Lipinski definition) is 3. The molecule has 4 bridgehead atoms. The molecule has 6 rings (SSSR count). The van der Waals surface area contributed by atoms with Crippen molar-refractivity contribution in [3.05, 3.63) is 42.5 Å². The summed E-state index contributed by atoms with van der Waals surface area (Å²) in [7, 11) is -3.63. The van der Waals surface area contributed by atoms with Gasteiger partial charge in [-0.05, 0) is 84.6 Å². The van der Waals surface area contributed by atoms with Crippen LogP contribution >= 0.6 is 0 Å². The molecule has 2 N–H and O–H groups in total. The monoisotopic (exact) mass is 426 g/mol. The lowest BCUT2D eigenvalue weighted by Crippen LogP contribution is -2.51. The van der Waals surface area contributed by atoms with Gasteiger partial charge in [-0.25, -0.2) is 13.1 Å². The van der Waals surface area contributed by atoms with Crippen molar-refractivity contribution in [3.63, 3.8) is 0 Å². The Bertz CT molecular complexity index is 1030. The van der Waals surface area contributed by atoms with Gasteiger partial charge in [0.05, 0.1) is 4.90 Å². The molecule has 30 heavy (non-hydrogen) atoms. The van der Waals surface area contributed by atoms with E-state index in [0.717, 1.165) is 35.1 Å². The van der Waals surface area contributed by atoms with Crippen molar-refractivity contribution in [2.45, 2.75) is 49.8 Å². The molecule has 4 aliphatic rings. The molecule has 5 nitrogen and oxygen atoms in total. The summed E-state index contributed by atoms with van der Waals surface area (Å²) in [6.07, 6.45) is 8.12. The summed E-state index contributed by atoms with van der Waals surface area (Å²) in [6, 6.07) is 12.8. The molecule has 160 valence electrons. The van der Waals surface area contributed by atoms with E-state index in [1.807, 2.05) is 30.3 Å². The van der Waals surface area contributed by atoms with Crippen LogP contribution in [0.3, 0.4) is 0 Å². The SMILES string of the molecule is O=C(CCNS(=O)(=O)c1ccc2ccccc2c1)NCC12CC3CC(CC(C3)C1)C2. The molecule has 4 saturated carbocycles. The number of carbonyl (C=O) groups is 1. The molecule has 2 aromatic rings. The highest BCUT2D eigenvalue weighted by Crippen LogP contribution is 2.59. The number of fused-ring (bicyclic) bond motifs is 1. The average Bonchev–Trinajstić information content (AvgIpc) is 2.71. The fourth-order valence-corrected chi connectivity index (χ4v) is 7.66. The van der Waals surface area contributed by atoms with Crippen LogP contribution in [-0.2, 0) is 14.8 Å². The third-order valence-electron chi connectivity index (χ3n) is 7.50. The fraction of sp³-hybridized carbons (Fsp3) is 0.542. The van der Waals surface area contributed by atoms with Crippen LogP contribution < -0.4 is 10.0 Å². The molecule has 0 spiro atoms. The standard InChI is InChI=1S/C24H30N2O3S/c27-23(25-16-24-13-17-9-18(14-24)11-19(10-17)15-24)7-8-26-30(28,29)22-6-5-20-3-1-2-4-21(20)12-22/h1-6,12,17-19,26H,7-11,13-16H2,(H,25,27). The van der Waals surface area contributed by atoms with Gasteiger partial charge in [-0.2, -0.15) is 0 Å². The Labute approximate surface area is 178 Å². The van der Waals surface area contributed by atoms with Crippen molar-refractivity contribution < 1.29 is 13.2 Å². The van der Waals surface area contributed by atoms with Crippen LogP contribution in [0.25, 0.3) is 10.8 Å². The number of amides is 1. The molecule has 0 unspecified atom stereocenters. The predicted octanol–water partition coefficient (Wildman–Crippen LogP) is 3.84. The van der Waals surface area contributed by atoms with Gasteiger partial charge < -0.3 is 5.32 Å². The third-order valence-corrected chi connectivity index (χ3v) is 8.96. The summed E-state index contributed by atoms with van der Waals surface area (Å²) < 4.78 is 27.8. The van der Waals surface area contributed by atoms with Gasteiger partial charge in [0.25, 0.3) is 0 Å². The Morgan fingerprint density at radius 2 is 1.57 bits per heavy atom. The molecule has 4 fully saturated rings. The summed E-state index contributed by atoms with van der Waals surface area (Å²) in [5, 5.41) is 5.00. The first-order chi connectivity index (χ1) is 14.4. The smallest absolute Gasteiger partial charge is 0.240 e. The van der Waals surface area contributed by atoms with E-state index in [2.05, 4.69) is 10.0 Å². The molecule has 6 heteroatoms. The van der Waals surface area contributed by atoms with Gasteiger partial charge in [-0.15, -0.1) is 0 Å². The zero-order valence-electron chi connectivity index (χ0n) is 17.3. The van der Waals surface area contributed by atoms with E-state index in [9.17, 15) is 13.2 Å². The minimum Gasteiger partial charge on any atom is -0.356 e. The van der Waals surface area contributed by atoms with Gasteiger partial charge in [0.15, 0.2) is 0 Å². The number of sulfonamides is 1. The highest BCUT2D eigenvalue weighted by molar-refractivity contribution is 7.89. The van der Waals surface area contributed by atoms with Crippen LogP contribution in [0.2, 0.25) is 0 Å². The number of rotatable bonds is 7. The van der Waals surface area contributed by atoms with Crippen LogP contribution in [0.5, 0.6) is 0 Å². The summed E-state index contributed by atoms with van der Waals surface area (Å²) in [6.45, 7) is 0.870. The zero-order chi connectivity index (χ0) is 20.8. The molecule has 2 aromatic carbocycles. The molecule has 0 aliphatic heterocycles. The van der Waals surface area contributed by atoms with Gasteiger partial charge in [0.2, 0.25) is 15.9 Å². The van der Waals surface area contributed by atoms with Crippen LogP contribution in [0.4, 0.5) is 0 Å². The normalized spacial score (nSPS) is 29.9. The third kappa shape index (κ3) is 4.00. The number of hydrogen-bond donors (Lipinski definition) is 2. The Kier molecular flexibility index (Phi) is 5.10. The molecular formula is C24H30N2O3S. The highest BCUT2D eigenvalue weighted by Gasteiger charge is 2.50. The van der Waals surface area contributed by atoms with Crippen molar-refractivity contribution in [2.24, 2.45) is 23.2 Å². The summed E-state index contributed by atoms with van der Waals surface area (Å²) in [4.78, 5) is 12.6. The molecule has 0 aromatic heterocycles. The summed E-state index contributed by atoms with van der Waals surface area (Å²) >= 11 is 0. The lowest BCUT2D eigenvalue weighted by molar-refractivity contribution is -0.123. The predicted molar refractivity (Wildman–Crippen MR) is 117 cm³/mol. The summed E-state index contributed by atoms with van der Waals surface area (Å²) in [5.74, 6) is 2.53. The van der Waals surface area contributed by atoms with Gasteiger partial charge in [-0.1, -0.05) is 30.3 Å². The largest absolute Gasteiger partial charge is 0.356 e. The van der Waals surface area contributed by atoms with E-state index in [1.54, 1.807) is 12.1 Å². The molecule has 1 amide bonds. The zero-order valence-corrected chi connectivity index (χ0v) is 18.1. The van der Waals surface area contributed by atoms with Crippen molar-refractivity contribution in [2.75, 3.05) is 13.1 Å². The Balaban J connectivity index is 1.13. The van der Waals surface area contributed by atoms with Crippen LogP contribution in [0.1, 0.15) is 44.9 Å². The van der Waals surface area contributed by atoms with Crippen LogP contribution in [0, 0.1) is 23.2 Å². The quantitative estimate of drug-likeness (QED) is 0.706. The van der Waals surface area contributed by atoms with Crippen molar-refractivity contribution in [1.82, 2.24) is 10.0 Å². The van der Waals surface area contributed by atoms with Crippen LogP contribution in [0.15, 0.2) is 47.4 Å². The first-order valence-corrected chi connectivity index (χ1v) is 12.6. The van der Waals surface area contributed by atoms with Crippen molar-refractivity contribution in [3.8, 4) is 0 Å². The van der Waals surface area contributed by atoms with E-state index >= 15 is 0 Å². The maximum Gasteiger partial charge on any atom is 0.240 e. The Morgan fingerprint density at radius 3 is 2.23 bits per heavy atom. The maximum atomic E-state index is 12.6. The molecule has 4 aliphatic carbocycles. The average molecular weight is 427 g/mol. The van der Waals surface area contributed by atoms with Gasteiger partial charge in [-0.3, -0.25) is 4.79 Å². The van der Waals surface area contributed by atoms with E-state index in [4.69, 9.17) is 0 Å². The van der Waals surface area contributed by atoms with Gasteiger partial charge in [0.1, 0.15) is 0 Å². The topological polar surface area (TPSA) is 75.3 Å². The second kappa shape index (κ2) is 7.65. The lowest BCUT2D eigenvalue weighted by atomic mass is 9.49. The highest BCUT2D eigenvalue weighted by atomic mass is 32.2. The van der Waals surface area contributed by atoms with Crippen LogP contribution in [-0.4, -0.2) is 27.4 Å². The fourth-order valence-electron chi connectivity index (χ4n) is 6.60. The first-order valence-electron chi connectivity index (χ1n) is 11.2. The molecule has 0 radical (unpaired) electrons. The molecule has 0 heterocycles. The number of carbonyl (C=O) groups excluding carboxylic acids is 1. The van der Waals surface area contributed by atoms with E-state index < -0.39 is 10.0 Å². The second-order valence-electron chi connectivity index (χ2n) is 9.85. The number of benzene rings is 2.